The maximum atomic E-state index is 12.8. The van der Waals surface area contributed by atoms with Crippen LogP contribution in [0, 0.1) is 0 Å². The van der Waals surface area contributed by atoms with Crippen LogP contribution in [0.15, 0.2) is 60.8 Å². The number of carbonyl (C=O) groups is 2. The molecule has 0 aromatic rings. The molecule has 0 bridgehead atoms. The summed E-state index contributed by atoms with van der Waals surface area (Å²) in [5.74, 6) is -0.684. The Morgan fingerprint density at radius 1 is 0.442 bits per heavy atom. The van der Waals surface area contributed by atoms with E-state index in [1.807, 2.05) is 0 Å². The lowest BCUT2D eigenvalue weighted by Crippen LogP contribution is -2.18. The zero-order chi connectivity index (χ0) is 37.8. The average Bonchev–Trinajstić information content (AvgIpc) is 3.13. The minimum atomic E-state index is -0.688. The van der Waals surface area contributed by atoms with Gasteiger partial charge >= 0.3 is 11.9 Å². The van der Waals surface area contributed by atoms with Crippen LogP contribution in [0.2, 0.25) is 0 Å². The van der Waals surface area contributed by atoms with Crippen LogP contribution in [0.1, 0.15) is 226 Å². The van der Waals surface area contributed by atoms with Crippen LogP contribution in [0.5, 0.6) is 0 Å². The largest absolute Gasteiger partial charge is 0.481 e. The number of ether oxygens (including phenoxy) is 1. The number of allylic oxidation sites excluding steroid dienone is 10. The van der Waals surface area contributed by atoms with E-state index in [0.717, 1.165) is 96.3 Å². The molecule has 1 unspecified atom stereocenters. The number of aliphatic carboxylic acids is 1. The molecule has 4 nitrogen and oxygen atoms in total. The van der Waals surface area contributed by atoms with Crippen LogP contribution < -0.4 is 0 Å². The van der Waals surface area contributed by atoms with Crippen molar-refractivity contribution in [2.45, 2.75) is 232 Å². The van der Waals surface area contributed by atoms with Crippen molar-refractivity contribution < 1.29 is 19.4 Å². The van der Waals surface area contributed by atoms with Gasteiger partial charge in [-0.2, -0.15) is 0 Å². The first kappa shape index (κ1) is 49.6. The first-order valence-corrected chi connectivity index (χ1v) is 22.3. The SMILES string of the molecule is CC/C=C\C/C=C\C/C=C\C/C=C\C/C=C\CCCCCCCC(=O)OC(CCCCCCCCCCCCC)CCCCCCCCCC(=O)O. The fraction of sp³-hybridized carbons (Fsp3) is 0.750. The smallest absolute Gasteiger partial charge is 0.306 e. The standard InChI is InChI=1S/C48H84O4/c1-3-5-7-9-11-13-15-16-17-18-19-20-21-22-23-24-26-28-33-37-41-45-48(51)52-46(43-39-35-31-29-32-36-40-44-47(49)50)42-38-34-30-27-25-14-12-10-8-6-4-2/h5,7,11,13,16-17,19-20,22-23,46H,3-4,6,8-10,12,14-15,18,21,24-45H2,1-2H3,(H,49,50)/b7-5-,13-11-,17-16-,20-19-,23-22-. The monoisotopic (exact) mass is 725 g/mol. The fourth-order valence-corrected chi connectivity index (χ4v) is 6.51. The maximum absolute atomic E-state index is 12.8. The minimum Gasteiger partial charge on any atom is -0.481 e. The molecule has 0 rings (SSSR count). The van der Waals surface area contributed by atoms with Crippen molar-refractivity contribution in [1.29, 1.82) is 0 Å². The summed E-state index contributed by atoms with van der Waals surface area (Å²) < 4.78 is 6.05. The van der Waals surface area contributed by atoms with Crippen molar-refractivity contribution >= 4 is 11.9 Å². The van der Waals surface area contributed by atoms with Crippen molar-refractivity contribution in [3.05, 3.63) is 60.8 Å². The zero-order valence-corrected chi connectivity index (χ0v) is 34.4. The molecule has 0 fully saturated rings. The molecule has 0 aromatic carbocycles. The van der Waals surface area contributed by atoms with E-state index in [1.54, 1.807) is 0 Å². The second-order valence-electron chi connectivity index (χ2n) is 14.9. The van der Waals surface area contributed by atoms with E-state index < -0.39 is 5.97 Å². The molecule has 0 aliphatic heterocycles. The van der Waals surface area contributed by atoms with Crippen LogP contribution in [-0.4, -0.2) is 23.1 Å². The number of hydrogen-bond acceptors (Lipinski definition) is 3. The van der Waals surface area contributed by atoms with E-state index in [2.05, 4.69) is 74.6 Å². The molecule has 4 heteroatoms. The third kappa shape index (κ3) is 42.1. The second-order valence-corrected chi connectivity index (χ2v) is 14.9. The normalized spacial score (nSPS) is 12.8. The molecule has 0 aromatic heterocycles. The van der Waals surface area contributed by atoms with Crippen LogP contribution in [0.4, 0.5) is 0 Å². The molecule has 0 spiro atoms. The van der Waals surface area contributed by atoms with Gasteiger partial charge in [0, 0.05) is 12.8 Å². The molecular formula is C48H84O4. The van der Waals surface area contributed by atoms with Crippen molar-refractivity contribution in [1.82, 2.24) is 0 Å². The molecule has 0 saturated heterocycles. The van der Waals surface area contributed by atoms with E-state index in [4.69, 9.17) is 9.84 Å². The summed E-state index contributed by atoms with van der Waals surface area (Å²) in [5.41, 5.74) is 0. The molecular weight excluding hydrogens is 641 g/mol. The number of carboxylic acid groups (broad SMARTS) is 1. The van der Waals surface area contributed by atoms with Gasteiger partial charge in [-0.15, -0.1) is 0 Å². The van der Waals surface area contributed by atoms with Crippen LogP contribution >= 0.6 is 0 Å². The van der Waals surface area contributed by atoms with Crippen molar-refractivity contribution in [2.75, 3.05) is 0 Å². The number of unbranched alkanes of at least 4 members (excludes halogenated alkanes) is 21. The number of rotatable bonds is 40. The molecule has 0 amide bonds. The van der Waals surface area contributed by atoms with E-state index in [9.17, 15) is 9.59 Å². The molecule has 300 valence electrons. The third-order valence-corrected chi connectivity index (χ3v) is 9.75. The molecule has 1 atom stereocenters. The molecule has 52 heavy (non-hydrogen) atoms. The minimum absolute atomic E-state index is 0.00489. The Balaban J connectivity index is 4.08. The van der Waals surface area contributed by atoms with Crippen molar-refractivity contribution in [2.24, 2.45) is 0 Å². The average molecular weight is 725 g/mol. The first-order chi connectivity index (χ1) is 25.6. The summed E-state index contributed by atoms with van der Waals surface area (Å²) in [7, 11) is 0. The van der Waals surface area contributed by atoms with Crippen LogP contribution in [-0.2, 0) is 14.3 Å². The van der Waals surface area contributed by atoms with Gasteiger partial charge in [0.15, 0.2) is 0 Å². The quantitative estimate of drug-likeness (QED) is 0.0388. The lowest BCUT2D eigenvalue weighted by Gasteiger charge is -2.18. The van der Waals surface area contributed by atoms with Gasteiger partial charge in [0.2, 0.25) is 0 Å². The van der Waals surface area contributed by atoms with E-state index in [1.165, 1.54) is 103 Å². The Hall–Kier alpha value is -2.36. The second kappa shape index (κ2) is 43.0. The summed E-state index contributed by atoms with van der Waals surface area (Å²) in [6.45, 7) is 4.44. The summed E-state index contributed by atoms with van der Waals surface area (Å²) in [6, 6.07) is 0. The van der Waals surface area contributed by atoms with E-state index in [0.29, 0.717) is 6.42 Å². The molecule has 0 aliphatic rings. The molecule has 0 saturated carbocycles. The highest BCUT2D eigenvalue weighted by molar-refractivity contribution is 5.69. The lowest BCUT2D eigenvalue weighted by atomic mass is 10.0. The highest BCUT2D eigenvalue weighted by atomic mass is 16.5. The van der Waals surface area contributed by atoms with Gasteiger partial charge in [-0.25, -0.2) is 0 Å². The van der Waals surface area contributed by atoms with Gasteiger partial charge in [0.25, 0.3) is 0 Å². The number of carboxylic acids is 1. The number of hydrogen-bond donors (Lipinski definition) is 1. The van der Waals surface area contributed by atoms with E-state index in [-0.39, 0.29) is 18.5 Å². The Morgan fingerprint density at radius 3 is 1.25 bits per heavy atom. The van der Waals surface area contributed by atoms with E-state index >= 15 is 0 Å². The third-order valence-electron chi connectivity index (χ3n) is 9.75. The molecule has 0 aliphatic carbocycles. The summed E-state index contributed by atoms with van der Waals surface area (Å²) >= 11 is 0. The topological polar surface area (TPSA) is 63.6 Å². The highest BCUT2D eigenvalue weighted by Crippen LogP contribution is 2.19. The molecule has 1 N–H and O–H groups in total. The Labute approximate surface area is 323 Å². The fourth-order valence-electron chi connectivity index (χ4n) is 6.51. The number of esters is 1. The van der Waals surface area contributed by atoms with Crippen LogP contribution in [0.3, 0.4) is 0 Å². The molecule has 0 radical (unpaired) electrons. The summed E-state index contributed by atoms with van der Waals surface area (Å²) in [6.07, 6.45) is 59.6. The van der Waals surface area contributed by atoms with Gasteiger partial charge < -0.3 is 9.84 Å². The highest BCUT2D eigenvalue weighted by Gasteiger charge is 2.14. The predicted octanol–water partition coefficient (Wildman–Crippen LogP) is 15.7. The Morgan fingerprint density at radius 2 is 0.808 bits per heavy atom. The first-order valence-electron chi connectivity index (χ1n) is 22.3. The predicted molar refractivity (Wildman–Crippen MR) is 227 cm³/mol. The Bertz CT molecular complexity index is 911. The lowest BCUT2D eigenvalue weighted by molar-refractivity contribution is -0.150. The van der Waals surface area contributed by atoms with Crippen molar-refractivity contribution in [3.8, 4) is 0 Å². The number of carbonyl (C=O) groups excluding carboxylic acids is 1. The summed E-state index contributed by atoms with van der Waals surface area (Å²) in [5, 5.41) is 8.79. The molecule has 0 heterocycles. The van der Waals surface area contributed by atoms with Gasteiger partial charge in [0.05, 0.1) is 0 Å². The van der Waals surface area contributed by atoms with Gasteiger partial charge in [-0.05, 0) is 83.5 Å². The van der Waals surface area contributed by atoms with Crippen LogP contribution in [0.25, 0.3) is 0 Å². The zero-order valence-electron chi connectivity index (χ0n) is 34.4. The summed E-state index contributed by atoms with van der Waals surface area (Å²) in [4.78, 5) is 23.4. The van der Waals surface area contributed by atoms with Gasteiger partial charge in [-0.1, -0.05) is 190 Å². The Kier molecular flexibility index (Phi) is 41.1. The maximum Gasteiger partial charge on any atom is 0.306 e. The van der Waals surface area contributed by atoms with Crippen molar-refractivity contribution in [3.63, 3.8) is 0 Å². The van der Waals surface area contributed by atoms with Gasteiger partial charge in [-0.3, -0.25) is 9.59 Å². The van der Waals surface area contributed by atoms with Gasteiger partial charge in [0.1, 0.15) is 6.10 Å².